The van der Waals surface area contributed by atoms with Gasteiger partial charge in [-0.15, -0.1) is 0 Å². The van der Waals surface area contributed by atoms with Crippen LogP contribution in [0, 0.1) is 5.92 Å². The van der Waals surface area contributed by atoms with E-state index >= 15 is 0 Å². The fourth-order valence-electron chi connectivity index (χ4n) is 5.99. The number of nitrogens with one attached hydrogen (secondary N) is 7. The van der Waals surface area contributed by atoms with Crippen molar-refractivity contribution in [3.8, 4) is 5.75 Å². The van der Waals surface area contributed by atoms with Crippen molar-refractivity contribution in [2.45, 2.75) is 127 Å². The highest BCUT2D eigenvalue weighted by Gasteiger charge is 2.35. The van der Waals surface area contributed by atoms with Gasteiger partial charge in [-0.25, -0.2) is 4.79 Å². The van der Waals surface area contributed by atoms with Gasteiger partial charge in [-0.2, -0.15) is 0 Å². The van der Waals surface area contributed by atoms with Crippen molar-refractivity contribution < 1.29 is 53.7 Å². The summed E-state index contributed by atoms with van der Waals surface area (Å²) < 4.78 is 0. The van der Waals surface area contributed by atoms with Crippen LogP contribution in [-0.2, 0) is 44.8 Å². The second kappa shape index (κ2) is 25.1. The molecule has 1 unspecified atom stereocenters. The molecule has 1 aromatic rings. The number of aliphatic hydroxyl groups excluding tert-OH is 1. The molecule has 0 spiro atoms. The molecule has 324 valence electrons. The number of benzene rings is 1. The smallest absolute Gasteiger partial charge is 0.326 e. The maximum Gasteiger partial charge on any atom is 0.326 e. The molecule has 1 fully saturated rings. The second-order valence-corrected chi connectivity index (χ2v) is 14.7. The van der Waals surface area contributed by atoms with Crippen molar-refractivity contribution in [3.05, 3.63) is 29.8 Å². The second-order valence-electron chi connectivity index (χ2n) is 14.7. The van der Waals surface area contributed by atoms with Crippen molar-refractivity contribution >= 4 is 47.3 Å². The Kier molecular flexibility index (Phi) is 21.1. The van der Waals surface area contributed by atoms with Gasteiger partial charge < -0.3 is 64.0 Å². The Bertz CT molecular complexity index is 1560. The van der Waals surface area contributed by atoms with E-state index in [1.807, 2.05) is 0 Å². The number of nitrogens with two attached hydrogens (primary N) is 2. The first kappa shape index (κ1) is 48.8. The molecule has 1 heterocycles. The first-order chi connectivity index (χ1) is 27.4. The van der Waals surface area contributed by atoms with Gasteiger partial charge in [0.1, 0.15) is 36.0 Å². The number of carboxylic acids is 1. The minimum absolute atomic E-state index is 0.00169. The fraction of sp³-hybridized carbons (Fsp3) is 0.632. The lowest BCUT2D eigenvalue weighted by atomic mass is 10.0. The number of carboxylic acid groups (broad SMARTS) is 1. The topological polar surface area (TPSA) is 334 Å². The van der Waals surface area contributed by atoms with Crippen LogP contribution in [0.25, 0.3) is 0 Å². The summed E-state index contributed by atoms with van der Waals surface area (Å²) in [5.41, 5.74) is 12.5. The Morgan fingerprint density at radius 1 is 0.845 bits per heavy atom. The molecule has 7 atom stereocenters. The predicted molar refractivity (Wildman–Crippen MR) is 210 cm³/mol. The van der Waals surface area contributed by atoms with E-state index in [1.54, 1.807) is 26.0 Å². The van der Waals surface area contributed by atoms with E-state index in [-0.39, 0.29) is 69.7 Å². The van der Waals surface area contributed by atoms with Gasteiger partial charge >= 0.3 is 5.97 Å². The third kappa shape index (κ3) is 17.4. The van der Waals surface area contributed by atoms with E-state index in [1.165, 1.54) is 19.1 Å². The number of rotatable bonds is 15. The summed E-state index contributed by atoms with van der Waals surface area (Å²) in [7, 11) is 0. The first-order valence-corrected chi connectivity index (χ1v) is 19.6. The van der Waals surface area contributed by atoms with Crippen LogP contribution in [0.1, 0.15) is 84.1 Å². The Labute approximate surface area is 337 Å². The van der Waals surface area contributed by atoms with Crippen LogP contribution in [0.2, 0.25) is 0 Å². The molecule has 2 rings (SSSR count). The SMILES string of the molecule is CC(C)[C@H](NC(=O)[C@@H]1CCC(=O)NCCC(=O)NCCCC[C@H](NC(=O)[C@H](CCCCN)NC(=O)[C@@H](N)Cc2ccc(O)cc2)C(=O)N[C@@H](C(C)O)C(=O)N1)C(=O)O. The highest BCUT2D eigenvalue weighted by molar-refractivity contribution is 5.96. The van der Waals surface area contributed by atoms with Gasteiger partial charge in [0.2, 0.25) is 41.4 Å². The Morgan fingerprint density at radius 3 is 2.12 bits per heavy atom. The van der Waals surface area contributed by atoms with Crippen molar-refractivity contribution in [1.82, 2.24) is 37.2 Å². The number of unbranched alkanes of at least 4 members (excludes halogenated alkanes) is 1. The molecule has 0 bridgehead atoms. The largest absolute Gasteiger partial charge is 0.508 e. The van der Waals surface area contributed by atoms with Crippen LogP contribution in [0.3, 0.4) is 0 Å². The summed E-state index contributed by atoms with van der Waals surface area (Å²) in [6, 6.07) is -1.95. The van der Waals surface area contributed by atoms with E-state index in [0.717, 1.165) is 0 Å². The Hall–Kier alpha value is -5.34. The summed E-state index contributed by atoms with van der Waals surface area (Å²) in [5, 5.41) is 47.7. The predicted octanol–water partition coefficient (Wildman–Crippen LogP) is -2.48. The van der Waals surface area contributed by atoms with E-state index in [0.29, 0.717) is 31.4 Å². The van der Waals surface area contributed by atoms with E-state index in [9.17, 15) is 53.7 Å². The maximum absolute atomic E-state index is 13.9. The van der Waals surface area contributed by atoms with Gasteiger partial charge in [0.05, 0.1) is 12.1 Å². The fourth-order valence-corrected chi connectivity index (χ4v) is 5.99. The van der Waals surface area contributed by atoms with Crippen LogP contribution in [-0.4, -0.2) is 125 Å². The molecule has 1 aromatic carbocycles. The number of phenols is 1. The molecular formula is C38H61N9O11. The summed E-state index contributed by atoms with van der Waals surface area (Å²) in [6.07, 6.45) is -0.387. The molecule has 0 aromatic heterocycles. The van der Waals surface area contributed by atoms with Crippen LogP contribution in [0.4, 0.5) is 0 Å². The van der Waals surface area contributed by atoms with E-state index in [2.05, 4.69) is 37.2 Å². The zero-order valence-corrected chi connectivity index (χ0v) is 33.4. The molecular weight excluding hydrogens is 758 g/mol. The summed E-state index contributed by atoms with van der Waals surface area (Å²) in [6.45, 7) is 4.83. The summed E-state index contributed by atoms with van der Waals surface area (Å²) in [5.74, 6) is -7.00. The highest BCUT2D eigenvalue weighted by atomic mass is 16.4. The third-order valence-corrected chi connectivity index (χ3v) is 9.44. The van der Waals surface area contributed by atoms with Crippen molar-refractivity contribution in [2.75, 3.05) is 19.6 Å². The number of aromatic hydroxyl groups is 1. The minimum Gasteiger partial charge on any atom is -0.508 e. The molecule has 0 aliphatic carbocycles. The lowest BCUT2D eigenvalue weighted by molar-refractivity contribution is -0.144. The number of carbonyl (C=O) groups is 8. The van der Waals surface area contributed by atoms with Gasteiger partial charge in [-0.3, -0.25) is 33.6 Å². The summed E-state index contributed by atoms with van der Waals surface area (Å²) in [4.78, 5) is 105. The molecule has 1 aliphatic heterocycles. The molecule has 7 amide bonds. The van der Waals surface area contributed by atoms with E-state index in [4.69, 9.17) is 11.5 Å². The molecule has 58 heavy (non-hydrogen) atoms. The molecule has 14 N–H and O–H groups in total. The maximum atomic E-state index is 13.9. The number of hydrogen-bond donors (Lipinski definition) is 12. The number of aliphatic carboxylic acids is 1. The Balaban J connectivity index is 2.38. The Morgan fingerprint density at radius 2 is 1.50 bits per heavy atom. The van der Waals surface area contributed by atoms with Crippen LogP contribution < -0.4 is 48.7 Å². The molecule has 0 radical (unpaired) electrons. The zero-order chi connectivity index (χ0) is 43.4. The van der Waals surface area contributed by atoms with Crippen molar-refractivity contribution in [3.63, 3.8) is 0 Å². The van der Waals surface area contributed by atoms with Crippen molar-refractivity contribution in [2.24, 2.45) is 17.4 Å². The van der Waals surface area contributed by atoms with Gasteiger partial charge in [0, 0.05) is 25.9 Å². The molecule has 20 nitrogen and oxygen atoms in total. The molecule has 0 saturated carbocycles. The molecule has 1 saturated heterocycles. The number of amides is 7. The molecule has 20 heteroatoms. The van der Waals surface area contributed by atoms with Crippen LogP contribution in [0.15, 0.2) is 24.3 Å². The number of aliphatic hydroxyl groups is 1. The monoisotopic (exact) mass is 819 g/mol. The minimum atomic E-state index is -1.68. The normalized spacial score (nSPS) is 21.2. The lowest BCUT2D eigenvalue weighted by Crippen LogP contribution is -2.61. The number of carbonyl (C=O) groups excluding carboxylic acids is 7. The standard InChI is InChI=1S/C38H61N9O11/c1-21(2)31(38(57)58)46-36(55)28-14-15-29(50)42-19-16-30(51)41-18-7-5-9-27(35(54)47-32(22(3)48)37(56)45-28)44-34(53)26(8-4-6-17-39)43-33(52)25(40)20-23-10-12-24(49)13-11-23/h10-13,21-22,25-28,31-32,48-49H,4-9,14-20,39-40H2,1-3H3,(H,41,51)(H,42,50)(H,43,52)(H,44,53)(H,45,56)(H,46,55)(H,47,54)(H,57,58)/t22?,25-,26-,27-,28-,31-,32-/m0/s1. The zero-order valence-electron chi connectivity index (χ0n) is 33.4. The van der Waals surface area contributed by atoms with Gasteiger partial charge in [-0.05, 0) is 88.4 Å². The van der Waals surface area contributed by atoms with Gasteiger partial charge in [0.25, 0.3) is 0 Å². The van der Waals surface area contributed by atoms with Gasteiger partial charge in [0.15, 0.2) is 0 Å². The third-order valence-electron chi connectivity index (χ3n) is 9.44. The average Bonchev–Trinajstić information content (AvgIpc) is 3.16. The first-order valence-electron chi connectivity index (χ1n) is 19.6. The lowest BCUT2D eigenvalue weighted by Gasteiger charge is -2.28. The number of phenolic OH excluding ortho intramolecular Hbond substituents is 1. The van der Waals surface area contributed by atoms with Crippen LogP contribution >= 0.6 is 0 Å². The van der Waals surface area contributed by atoms with Crippen LogP contribution in [0.5, 0.6) is 5.75 Å². The molecule has 1 aliphatic rings. The van der Waals surface area contributed by atoms with E-state index < -0.39 is 89.7 Å². The average molecular weight is 820 g/mol. The quantitative estimate of drug-likeness (QED) is 0.0817. The van der Waals surface area contributed by atoms with Crippen molar-refractivity contribution in [1.29, 1.82) is 0 Å². The van der Waals surface area contributed by atoms with Gasteiger partial charge in [-0.1, -0.05) is 26.0 Å². The summed E-state index contributed by atoms with van der Waals surface area (Å²) >= 11 is 0. The number of hydrogen-bond acceptors (Lipinski definition) is 12. The highest BCUT2D eigenvalue weighted by Crippen LogP contribution is 2.12.